The van der Waals surface area contributed by atoms with Crippen molar-refractivity contribution >= 4 is 22.4 Å². The molecule has 0 aliphatic carbocycles. The number of carbonyl (C=O) groups is 1. The number of fused-ring (bicyclic) bond motifs is 1. The fourth-order valence-corrected chi connectivity index (χ4v) is 4.82. The van der Waals surface area contributed by atoms with E-state index in [4.69, 9.17) is 4.74 Å². The first-order valence-electron chi connectivity index (χ1n) is 12.7. The molecule has 190 valence electrons. The van der Waals surface area contributed by atoms with Crippen LogP contribution in [0, 0.1) is 0 Å². The lowest BCUT2D eigenvalue weighted by molar-refractivity contribution is 0.102. The molecule has 0 atom stereocenters. The van der Waals surface area contributed by atoms with Gasteiger partial charge >= 0.3 is 0 Å². The van der Waals surface area contributed by atoms with Crippen LogP contribution in [0.5, 0.6) is 5.75 Å². The number of likely N-dealkylation sites (N-methyl/N-ethyl adjacent to an activating group) is 1. The van der Waals surface area contributed by atoms with Crippen molar-refractivity contribution in [3.8, 4) is 11.4 Å². The summed E-state index contributed by atoms with van der Waals surface area (Å²) in [6.45, 7) is 8.58. The van der Waals surface area contributed by atoms with E-state index in [1.165, 1.54) is 10.1 Å². The molecule has 1 amide bonds. The molecule has 0 spiro atoms. The number of benzene rings is 3. The Morgan fingerprint density at radius 3 is 2.16 bits per heavy atom. The quantitative estimate of drug-likeness (QED) is 0.411. The van der Waals surface area contributed by atoms with Crippen molar-refractivity contribution in [1.29, 1.82) is 0 Å². The maximum Gasteiger partial charge on any atom is 0.262 e. The molecule has 0 unspecified atom stereocenters. The van der Waals surface area contributed by atoms with Crippen LogP contribution in [-0.4, -0.2) is 60.1 Å². The van der Waals surface area contributed by atoms with Gasteiger partial charge in [-0.3, -0.25) is 19.1 Å². The van der Waals surface area contributed by atoms with E-state index in [9.17, 15) is 9.59 Å². The molecule has 0 bridgehead atoms. The van der Waals surface area contributed by atoms with Gasteiger partial charge in [-0.15, -0.1) is 0 Å². The first-order chi connectivity index (χ1) is 18.1. The number of rotatable bonds is 7. The van der Waals surface area contributed by atoms with Gasteiger partial charge in [0.1, 0.15) is 5.75 Å². The number of anilines is 1. The van der Waals surface area contributed by atoms with E-state index in [0.29, 0.717) is 27.8 Å². The van der Waals surface area contributed by atoms with E-state index in [1.54, 1.807) is 43.6 Å². The van der Waals surface area contributed by atoms with E-state index in [2.05, 4.69) is 34.2 Å². The smallest absolute Gasteiger partial charge is 0.262 e. The van der Waals surface area contributed by atoms with Crippen molar-refractivity contribution in [2.45, 2.75) is 13.5 Å². The molecular formula is C30H32N4O3. The van der Waals surface area contributed by atoms with Gasteiger partial charge in [0, 0.05) is 61.1 Å². The number of nitrogens with one attached hydrogen (secondary N) is 1. The van der Waals surface area contributed by atoms with Crippen molar-refractivity contribution < 1.29 is 9.53 Å². The molecule has 5 rings (SSSR count). The minimum atomic E-state index is -0.262. The predicted octanol–water partition coefficient (Wildman–Crippen LogP) is 4.39. The second-order valence-electron chi connectivity index (χ2n) is 9.32. The maximum atomic E-state index is 13.4. The highest BCUT2D eigenvalue weighted by atomic mass is 16.5. The van der Waals surface area contributed by atoms with Gasteiger partial charge in [0.2, 0.25) is 0 Å². The van der Waals surface area contributed by atoms with Crippen molar-refractivity contribution in [3.05, 3.63) is 100 Å². The average molecular weight is 497 g/mol. The van der Waals surface area contributed by atoms with E-state index >= 15 is 0 Å². The summed E-state index contributed by atoms with van der Waals surface area (Å²) < 4.78 is 6.75. The predicted molar refractivity (Wildman–Crippen MR) is 148 cm³/mol. The average Bonchev–Trinajstić information content (AvgIpc) is 2.95. The van der Waals surface area contributed by atoms with Gasteiger partial charge < -0.3 is 15.0 Å². The van der Waals surface area contributed by atoms with Crippen LogP contribution in [0.4, 0.5) is 5.69 Å². The normalized spacial score (nSPS) is 14.5. The van der Waals surface area contributed by atoms with Gasteiger partial charge in [-0.2, -0.15) is 0 Å². The molecule has 0 radical (unpaired) electrons. The number of nitrogens with zero attached hydrogens (tertiary/aromatic N) is 3. The van der Waals surface area contributed by atoms with Crippen LogP contribution >= 0.6 is 0 Å². The molecule has 2 heterocycles. The SMILES string of the molecule is CCN1CCN(Cc2ccc(NC(=O)c3cn(-c4ccc(OC)cc4)c(=O)c4ccccc34)cc2)CC1. The van der Waals surface area contributed by atoms with Gasteiger partial charge in [0.05, 0.1) is 12.7 Å². The number of ether oxygens (including phenoxy) is 1. The Morgan fingerprint density at radius 2 is 1.51 bits per heavy atom. The number of methoxy groups -OCH3 is 1. The molecule has 1 aromatic heterocycles. The molecular weight excluding hydrogens is 464 g/mol. The zero-order valence-electron chi connectivity index (χ0n) is 21.3. The van der Waals surface area contributed by atoms with Crippen LogP contribution in [0.15, 0.2) is 83.8 Å². The summed E-state index contributed by atoms with van der Waals surface area (Å²) in [6, 6.07) is 22.4. The molecule has 0 saturated carbocycles. The summed E-state index contributed by atoms with van der Waals surface area (Å²) in [7, 11) is 1.60. The van der Waals surface area contributed by atoms with E-state index in [-0.39, 0.29) is 11.5 Å². The van der Waals surface area contributed by atoms with E-state index < -0.39 is 0 Å². The van der Waals surface area contributed by atoms with Gasteiger partial charge in [0.25, 0.3) is 11.5 Å². The third-order valence-corrected chi connectivity index (χ3v) is 7.05. The largest absolute Gasteiger partial charge is 0.497 e. The lowest BCUT2D eigenvalue weighted by Crippen LogP contribution is -2.45. The number of hydrogen-bond acceptors (Lipinski definition) is 5. The highest BCUT2D eigenvalue weighted by Gasteiger charge is 2.17. The number of aromatic nitrogens is 1. The number of carbonyl (C=O) groups excluding carboxylic acids is 1. The first kappa shape index (κ1) is 24.7. The van der Waals surface area contributed by atoms with Crippen molar-refractivity contribution in [3.63, 3.8) is 0 Å². The molecule has 1 N–H and O–H groups in total. The number of piperazine rings is 1. The van der Waals surface area contributed by atoms with Crippen LogP contribution in [-0.2, 0) is 6.54 Å². The second kappa shape index (κ2) is 11.0. The number of amides is 1. The molecule has 1 saturated heterocycles. The minimum absolute atomic E-state index is 0.179. The summed E-state index contributed by atoms with van der Waals surface area (Å²) >= 11 is 0. The fourth-order valence-electron chi connectivity index (χ4n) is 4.82. The fraction of sp³-hybridized carbons (Fsp3) is 0.267. The highest BCUT2D eigenvalue weighted by Crippen LogP contribution is 2.21. The molecule has 4 aromatic rings. The summed E-state index contributed by atoms with van der Waals surface area (Å²) in [5.74, 6) is 0.434. The van der Waals surface area contributed by atoms with Crippen LogP contribution < -0.4 is 15.6 Å². The monoisotopic (exact) mass is 496 g/mol. The Kier molecular flexibility index (Phi) is 7.35. The summed E-state index contributed by atoms with van der Waals surface area (Å²) in [5.41, 5.74) is 2.86. The van der Waals surface area contributed by atoms with Crippen LogP contribution in [0.25, 0.3) is 16.5 Å². The molecule has 1 fully saturated rings. The van der Waals surface area contributed by atoms with Crippen molar-refractivity contribution in [2.75, 3.05) is 45.2 Å². The Balaban J connectivity index is 1.37. The third-order valence-electron chi connectivity index (χ3n) is 7.05. The Bertz CT molecular complexity index is 1440. The van der Waals surface area contributed by atoms with E-state index in [1.807, 2.05) is 30.3 Å². The van der Waals surface area contributed by atoms with Crippen molar-refractivity contribution in [1.82, 2.24) is 14.4 Å². The van der Waals surface area contributed by atoms with Crippen LogP contribution in [0.2, 0.25) is 0 Å². The highest BCUT2D eigenvalue weighted by molar-refractivity contribution is 6.12. The minimum Gasteiger partial charge on any atom is -0.497 e. The summed E-state index contributed by atoms with van der Waals surface area (Å²) in [4.78, 5) is 31.6. The number of hydrogen-bond donors (Lipinski definition) is 1. The van der Waals surface area contributed by atoms with E-state index in [0.717, 1.165) is 45.0 Å². The maximum absolute atomic E-state index is 13.4. The second-order valence-corrected chi connectivity index (χ2v) is 9.32. The zero-order chi connectivity index (χ0) is 25.8. The van der Waals surface area contributed by atoms with Crippen LogP contribution in [0.1, 0.15) is 22.8 Å². The van der Waals surface area contributed by atoms with Crippen molar-refractivity contribution in [2.24, 2.45) is 0 Å². The molecule has 37 heavy (non-hydrogen) atoms. The molecule has 7 nitrogen and oxygen atoms in total. The molecule has 1 aliphatic heterocycles. The summed E-state index contributed by atoms with van der Waals surface area (Å²) in [5, 5.41) is 4.13. The first-order valence-corrected chi connectivity index (χ1v) is 12.7. The Hall–Kier alpha value is -3.94. The van der Waals surface area contributed by atoms with Gasteiger partial charge in [-0.25, -0.2) is 0 Å². The summed E-state index contributed by atoms with van der Waals surface area (Å²) in [6.07, 6.45) is 1.62. The van der Waals surface area contributed by atoms with Gasteiger partial charge in [-0.05, 0) is 54.6 Å². The van der Waals surface area contributed by atoms with Gasteiger partial charge in [0.15, 0.2) is 0 Å². The Labute approximate surface area is 216 Å². The third kappa shape index (κ3) is 5.43. The molecule has 1 aliphatic rings. The molecule has 7 heteroatoms. The van der Waals surface area contributed by atoms with Crippen LogP contribution in [0.3, 0.4) is 0 Å². The topological polar surface area (TPSA) is 66.8 Å². The Morgan fingerprint density at radius 1 is 0.865 bits per heavy atom. The zero-order valence-corrected chi connectivity index (χ0v) is 21.3. The number of pyridine rings is 1. The standard InChI is InChI=1S/C30H32N4O3/c1-3-32-16-18-33(19-17-32)20-22-8-10-23(11-9-22)31-29(35)28-21-34(24-12-14-25(37-2)15-13-24)30(36)27-7-5-4-6-26(27)28/h4-15,21H,3,16-20H2,1-2H3,(H,31,35). The van der Waals surface area contributed by atoms with Gasteiger partial charge in [-0.1, -0.05) is 37.3 Å². The molecule has 3 aromatic carbocycles. The lowest BCUT2D eigenvalue weighted by atomic mass is 10.1. The lowest BCUT2D eigenvalue weighted by Gasteiger charge is -2.34.